The highest BCUT2D eigenvalue weighted by Crippen LogP contribution is 2.20. The number of nitrogens with zero attached hydrogens (tertiary/aromatic N) is 1. The van der Waals surface area contributed by atoms with Gasteiger partial charge in [0.15, 0.2) is 0 Å². The molecule has 0 N–H and O–H groups in total. The summed E-state index contributed by atoms with van der Waals surface area (Å²) in [5, 5.41) is 0. The lowest BCUT2D eigenvalue weighted by atomic mass is 10.2. The van der Waals surface area contributed by atoms with E-state index < -0.39 is 10.8 Å². The third-order valence-corrected chi connectivity index (χ3v) is 4.42. The molecule has 0 radical (unpaired) electrons. The first kappa shape index (κ1) is 15.6. The van der Waals surface area contributed by atoms with Crippen LogP contribution < -0.4 is 0 Å². The van der Waals surface area contributed by atoms with Gasteiger partial charge in [-0.15, -0.1) is 0 Å². The minimum Gasteiger partial charge on any atom is -0.444 e. The number of oxazole rings is 1. The van der Waals surface area contributed by atoms with E-state index in [0.717, 1.165) is 0 Å². The lowest BCUT2D eigenvalue weighted by Crippen LogP contribution is -2.00. The van der Waals surface area contributed by atoms with E-state index in [1.54, 1.807) is 24.3 Å². The summed E-state index contributed by atoms with van der Waals surface area (Å²) >= 11 is 0. The van der Waals surface area contributed by atoms with E-state index in [0.29, 0.717) is 16.8 Å². The van der Waals surface area contributed by atoms with Gasteiger partial charge in [0.25, 0.3) is 0 Å². The van der Waals surface area contributed by atoms with Crippen molar-refractivity contribution in [3.8, 4) is 11.5 Å². The largest absolute Gasteiger partial charge is 0.444 e. The van der Waals surface area contributed by atoms with Gasteiger partial charge in [-0.2, -0.15) is 0 Å². The van der Waals surface area contributed by atoms with Crippen LogP contribution in [0.4, 0.5) is 8.78 Å². The van der Waals surface area contributed by atoms with Crippen molar-refractivity contribution in [2.75, 3.05) is 0 Å². The molecule has 1 atom stereocenters. The molecule has 0 spiro atoms. The van der Waals surface area contributed by atoms with Gasteiger partial charge in [0.1, 0.15) is 17.9 Å². The van der Waals surface area contributed by atoms with Crippen molar-refractivity contribution in [1.82, 2.24) is 4.98 Å². The molecule has 2 aromatic carbocycles. The summed E-state index contributed by atoms with van der Waals surface area (Å²) < 4.78 is 43.8. The monoisotopic (exact) mass is 333 g/mol. The molecular formula is C17H13F2NO2S. The first-order valence-corrected chi connectivity index (χ1v) is 8.39. The predicted molar refractivity (Wildman–Crippen MR) is 83.8 cm³/mol. The van der Waals surface area contributed by atoms with Gasteiger partial charge in [0.05, 0.1) is 11.4 Å². The quantitative estimate of drug-likeness (QED) is 0.707. The number of halogens is 2. The maximum Gasteiger partial charge on any atom is 0.226 e. The Labute approximate surface area is 134 Å². The van der Waals surface area contributed by atoms with E-state index in [9.17, 15) is 13.0 Å². The fraction of sp³-hybridized carbons (Fsp3) is 0.118. The van der Waals surface area contributed by atoms with Crippen molar-refractivity contribution in [3.05, 3.63) is 77.7 Å². The van der Waals surface area contributed by atoms with Crippen molar-refractivity contribution in [2.24, 2.45) is 0 Å². The summed E-state index contributed by atoms with van der Waals surface area (Å²) in [6.07, 6.45) is 1.41. The van der Waals surface area contributed by atoms with E-state index in [4.69, 9.17) is 4.42 Å². The van der Waals surface area contributed by atoms with Gasteiger partial charge in [0, 0.05) is 22.1 Å². The zero-order valence-corrected chi connectivity index (χ0v) is 12.9. The molecule has 0 aliphatic rings. The Hall–Kier alpha value is -2.34. The summed E-state index contributed by atoms with van der Waals surface area (Å²) in [5.41, 5.74) is 1.70. The lowest BCUT2D eigenvalue weighted by Gasteiger charge is -2.00. The second-order valence-corrected chi connectivity index (χ2v) is 6.47. The van der Waals surface area contributed by atoms with Crippen LogP contribution in [0.1, 0.15) is 11.3 Å². The van der Waals surface area contributed by atoms with Crippen LogP contribution in [0.2, 0.25) is 0 Å². The molecule has 0 unspecified atom stereocenters. The normalized spacial score (nSPS) is 12.3. The van der Waals surface area contributed by atoms with Gasteiger partial charge >= 0.3 is 0 Å². The highest BCUT2D eigenvalue weighted by molar-refractivity contribution is 7.83. The number of aromatic nitrogens is 1. The van der Waals surface area contributed by atoms with Crippen LogP contribution >= 0.6 is 0 Å². The molecular weight excluding hydrogens is 320 g/mol. The fourth-order valence-corrected chi connectivity index (χ4v) is 3.27. The van der Waals surface area contributed by atoms with Crippen LogP contribution in [0, 0.1) is 11.6 Å². The van der Waals surface area contributed by atoms with E-state index >= 15 is 0 Å². The van der Waals surface area contributed by atoms with Gasteiger partial charge < -0.3 is 4.42 Å². The van der Waals surface area contributed by atoms with Crippen molar-refractivity contribution in [2.45, 2.75) is 11.5 Å². The molecule has 0 fully saturated rings. The average Bonchev–Trinajstić information content (AvgIpc) is 2.95. The molecule has 3 aromatic rings. The number of hydrogen-bond donors (Lipinski definition) is 0. The first-order chi connectivity index (χ1) is 11.1. The first-order valence-electron chi connectivity index (χ1n) is 6.90. The van der Waals surface area contributed by atoms with Gasteiger partial charge in [-0.25, -0.2) is 13.8 Å². The van der Waals surface area contributed by atoms with Crippen LogP contribution in [0.15, 0.2) is 59.2 Å². The molecule has 0 bridgehead atoms. The zero-order chi connectivity index (χ0) is 16.2. The standard InChI is InChI=1S/C17H13F2NO2S/c18-14-5-1-3-12(7-14)10-23(21)11-16-9-22-17(20-16)13-4-2-6-15(19)8-13/h1-9H,10-11H2/t23-/m0/s1. The molecule has 118 valence electrons. The fourth-order valence-electron chi connectivity index (χ4n) is 2.16. The molecule has 3 nitrogen and oxygen atoms in total. The molecule has 23 heavy (non-hydrogen) atoms. The third kappa shape index (κ3) is 4.10. The lowest BCUT2D eigenvalue weighted by molar-refractivity contribution is 0.571. The van der Waals surface area contributed by atoms with Crippen LogP contribution in [0.25, 0.3) is 11.5 Å². The van der Waals surface area contributed by atoms with E-state index in [2.05, 4.69) is 4.98 Å². The van der Waals surface area contributed by atoms with E-state index in [1.807, 2.05) is 0 Å². The van der Waals surface area contributed by atoms with Crippen LogP contribution in [-0.4, -0.2) is 9.19 Å². The minimum atomic E-state index is -1.24. The summed E-state index contributed by atoms with van der Waals surface area (Å²) in [4.78, 5) is 4.22. The van der Waals surface area contributed by atoms with E-state index in [1.165, 1.54) is 30.5 Å². The summed E-state index contributed by atoms with van der Waals surface area (Å²) in [7, 11) is -1.24. The Morgan fingerprint density at radius 3 is 2.48 bits per heavy atom. The predicted octanol–water partition coefficient (Wildman–Crippen LogP) is 4.07. The Kier molecular flexibility index (Phi) is 4.62. The highest BCUT2D eigenvalue weighted by Gasteiger charge is 2.11. The maximum absolute atomic E-state index is 13.2. The summed E-state index contributed by atoms with van der Waals surface area (Å²) in [6, 6.07) is 11.9. The highest BCUT2D eigenvalue weighted by atomic mass is 32.2. The van der Waals surface area contributed by atoms with Crippen molar-refractivity contribution in [3.63, 3.8) is 0 Å². The molecule has 0 aliphatic carbocycles. The van der Waals surface area contributed by atoms with Gasteiger partial charge in [-0.05, 0) is 35.9 Å². The molecule has 0 amide bonds. The second kappa shape index (κ2) is 6.83. The molecule has 6 heteroatoms. The molecule has 0 aliphatic heterocycles. The molecule has 0 saturated carbocycles. The van der Waals surface area contributed by atoms with Crippen LogP contribution in [-0.2, 0) is 22.3 Å². The third-order valence-electron chi connectivity index (χ3n) is 3.15. The topological polar surface area (TPSA) is 43.1 Å². The average molecular weight is 333 g/mol. The molecule has 0 saturated heterocycles. The number of rotatable bonds is 5. The zero-order valence-electron chi connectivity index (χ0n) is 12.0. The van der Waals surface area contributed by atoms with E-state index in [-0.39, 0.29) is 29.0 Å². The smallest absolute Gasteiger partial charge is 0.226 e. The maximum atomic E-state index is 13.2. The van der Waals surface area contributed by atoms with Gasteiger partial charge in [-0.3, -0.25) is 4.21 Å². The van der Waals surface area contributed by atoms with Crippen LogP contribution in [0.3, 0.4) is 0 Å². The number of hydrogen-bond acceptors (Lipinski definition) is 3. The van der Waals surface area contributed by atoms with Gasteiger partial charge in [0.2, 0.25) is 5.89 Å². The van der Waals surface area contributed by atoms with Crippen molar-refractivity contribution in [1.29, 1.82) is 0 Å². The molecule has 3 rings (SSSR count). The Morgan fingerprint density at radius 1 is 1.00 bits per heavy atom. The Balaban J connectivity index is 1.68. The second-order valence-electron chi connectivity index (χ2n) is 5.01. The SMILES string of the molecule is O=[S@@](Cc1cccc(F)c1)Cc1coc(-c2cccc(F)c2)n1. The van der Waals surface area contributed by atoms with Crippen molar-refractivity contribution < 1.29 is 17.4 Å². The van der Waals surface area contributed by atoms with Crippen molar-refractivity contribution >= 4 is 10.8 Å². The Bertz CT molecular complexity index is 848. The van der Waals surface area contributed by atoms with Gasteiger partial charge in [-0.1, -0.05) is 18.2 Å². The molecule has 1 heterocycles. The minimum absolute atomic E-state index is 0.190. The molecule has 1 aromatic heterocycles. The summed E-state index contributed by atoms with van der Waals surface area (Å²) in [5.74, 6) is -0.0246. The Morgan fingerprint density at radius 2 is 1.74 bits per heavy atom. The summed E-state index contributed by atoms with van der Waals surface area (Å²) in [6.45, 7) is 0. The van der Waals surface area contributed by atoms with Crippen LogP contribution in [0.5, 0.6) is 0 Å². The number of benzene rings is 2.